The molecule has 3 atom stereocenters. The smallest absolute Gasteiger partial charge is 0.475 e. The fraction of sp³-hybridized carbons (Fsp3) is 0.684. The minimum absolute atomic E-state index is 0.258. The number of ether oxygens (including phenoxy) is 1. The average molecular weight is 434 g/mol. The molecule has 1 N–H and O–H groups in total. The number of likely N-dealkylation sites (tertiary alicyclic amines) is 2. The molecule has 3 aliphatic rings. The Morgan fingerprint density at radius 2 is 2.07 bits per heavy atom. The molecule has 3 fully saturated rings. The summed E-state index contributed by atoms with van der Waals surface area (Å²) in [4.78, 5) is 27.2. The van der Waals surface area contributed by atoms with Gasteiger partial charge in [0.15, 0.2) is 0 Å². The second-order valence-corrected chi connectivity index (χ2v) is 8.60. The molecule has 0 unspecified atom stereocenters. The van der Waals surface area contributed by atoms with Gasteiger partial charge in [0.2, 0.25) is 5.91 Å². The van der Waals surface area contributed by atoms with Gasteiger partial charge >= 0.3 is 12.1 Å². The molecule has 0 aromatic carbocycles. The van der Waals surface area contributed by atoms with Crippen LogP contribution in [0.3, 0.4) is 0 Å². The van der Waals surface area contributed by atoms with Crippen LogP contribution in [-0.4, -0.2) is 71.3 Å². The van der Waals surface area contributed by atoms with Crippen LogP contribution < -0.4 is 0 Å². The first-order valence-electron chi connectivity index (χ1n) is 9.71. The molecule has 3 aliphatic heterocycles. The lowest BCUT2D eigenvalue weighted by atomic mass is 9.84. The molecule has 1 aromatic heterocycles. The molecular weight excluding hydrogens is 409 g/mol. The van der Waals surface area contributed by atoms with Crippen molar-refractivity contribution in [3.05, 3.63) is 22.4 Å². The van der Waals surface area contributed by atoms with E-state index < -0.39 is 12.1 Å². The molecular formula is C19H25F3N2O4S. The van der Waals surface area contributed by atoms with E-state index in [0.717, 1.165) is 52.0 Å². The molecule has 29 heavy (non-hydrogen) atoms. The quantitative estimate of drug-likeness (QED) is 0.792. The highest BCUT2D eigenvalue weighted by Gasteiger charge is 2.44. The van der Waals surface area contributed by atoms with Crippen molar-refractivity contribution >= 4 is 23.2 Å². The summed E-state index contributed by atoms with van der Waals surface area (Å²) in [7, 11) is 0. The molecule has 10 heteroatoms. The number of thiophene rings is 1. The van der Waals surface area contributed by atoms with Crippen molar-refractivity contribution < 1.29 is 32.6 Å². The fourth-order valence-electron chi connectivity index (χ4n) is 4.31. The zero-order valence-electron chi connectivity index (χ0n) is 15.9. The van der Waals surface area contributed by atoms with E-state index in [1.54, 1.807) is 0 Å². The Bertz CT molecular complexity index is 698. The van der Waals surface area contributed by atoms with Gasteiger partial charge in [-0.1, -0.05) is 6.07 Å². The number of fused-ring (bicyclic) bond motifs is 1. The van der Waals surface area contributed by atoms with Crippen LogP contribution in [0.25, 0.3) is 0 Å². The van der Waals surface area contributed by atoms with Gasteiger partial charge in [-0.05, 0) is 36.6 Å². The first-order valence-corrected chi connectivity index (χ1v) is 10.6. The Morgan fingerprint density at radius 3 is 2.66 bits per heavy atom. The van der Waals surface area contributed by atoms with Crippen molar-refractivity contribution in [2.75, 3.05) is 26.2 Å². The van der Waals surface area contributed by atoms with Crippen LogP contribution in [-0.2, 0) is 20.9 Å². The number of halogens is 3. The van der Waals surface area contributed by atoms with E-state index in [2.05, 4.69) is 27.3 Å². The molecule has 6 nitrogen and oxygen atoms in total. The maximum absolute atomic E-state index is 12.2. The summed E-state index contributed by atoms with van der Waals surface area (Å²) in [6, 6.07) is 4.59. The molecule has 0 saturated carbocycles. The first kappa shape index (κ1) is 22.0. The van der Waals surface area contributed by atoms with Crippen molar-refractivity contribution in [1.29, 1.82) is 0 Å². The van der Waals surface area contributed by atoms with Gasteiger partial charge in [0.25, 0.3) is 0 Å². The minimum Gasteiger partial charge on any atom is -0.475 e. The van der Waals surface area contributed by atoms with Gasteiger partial charge in [0.1, 0.15) is 0 Å². The van der Waals surface area contributed by atoms with Crippen LogP contribution in [0.5, 0.6) is 0 Å². The molecule has 1 aromatic rings. The number of piperidine rings is 1. The zero-order chi connectivity index (χ0) is 21.0. The zero-order valence-corrected chi connectivity index (χ0v) is 16.8. The Hall–Kier alpha value is -1.65. The van der Waals surface area contributed by atoms with Gasteiger partial charge < -0.3 is 14.7 Å². The molecule has 0 bridgehead atoms. The predicted molar refractivity (Wildman–Crippen MR) is 100 cm³/mol. The van der Waals surface area contributed by atoms with Gasteiger partial charge in [-0.25, -0.2) is 4.79 Å². The lowest BCUT2D eigenvalue weighted by Crippen LogP contribution is -2.61. The molecule has 0 spiro atoms. The van der Waals surface area contributed by atoms with Crippen LogP contribution in [0.15, 0.2) is 17.5 Å². The van der Waals surface area contributed by atoms with E-state index >= 15 is 0 Å². The highest BCUT2D eigenvalue weighted by Crippen LogP contribution is 2.33. The number of nitrogens with zero attached hydrogens (tertiary/aromatic N) is 2. The van der Waals surface area contributed by atoms with Gasteiger partial charge in [-0.3, -0.25) is 9.69 Å². The Morgan fingerprint density at radius 1 is 1.31 bits per heavy atom. The number of rotatable bonds is 3. The van der Waals surface area contributed by atoms with Gasteiger partial charge in [-0.15, -0.1) is 11.3 Å². The Balaban J connectivity index is 0.000000298. The maximum atomic E-state index is 12.2. The van der Waals surface area contributed by atoms with Crippen molar-refractivity contribution in [3.8, 4) is 0 Å². The predicted octanol–water partition coefficient (Wildman–Crippen LogP) is 2.98. The molecule has 0 aliphatic carbocycles. The van der Waals surface area contributed by atoms with E-state index in [0.29, 0.717) is 11.8 Å². The van der Waals surface area contributed by atoms with Crippen LogP contribution in [0.2, 0.25) is 0 Å². The molecule has 4 heterocycles. The van der Waals surface area contributed by atoms with E-state index in [9.17, 15) is 18.0 Å². The highest BCUT2D eigenvalue weighted by atomic mass is 32.1. The van der Waals surface area contributed by atoms with Gasteiger partial charge in [-0.2, -0.15) is 13.2 Å². The third-order valence-electron chi connectivity index (χ3n) is 5.52. The summed E-state index contributed by atoms with van der Waals surface area (Å²) in [6.45, 7) is 4.87. The third-order valence-corrected chi connectivity index (χ3v) is 6.38. The van der Waals surface area contributed by atoms with E-state index in [4.69, 9.17) is 14.6 Å². The number of hydrogen-bond acceptors (Lipinski definition) is 5. The summed E-state index contributed by atoms with van der Waals surface area (Å²) in [5.41, 5.74) is 0. The molecule has 0 radical (unpaired) electrons. The first-order chi connectivity index (χ1) is 13.8. The van der Waals surface area contributed by atoms with Crippen LogP contribution in [0.1, 0.15) is 30.6 Å². The largest absolute Gasteiger partial charge is 0.490 e. The lowest BCUT2D eigenvalue weighted by Gasteiger charge is -2.48. The number of alkyl halides is 3. The van der Waals surface area contributed by atoms with Crippen LogP contribution in [0.4, 0.5) is 13.2 Å². The molecule has 4 rings (SSSR count). The number of aliphatic carboxylic acids is 1. The molecule has 3 saturated heterocycles. The van der Waals surface area contributed by atoms with E-state index in [1.165, 1.54) is 11.3 Å². The second kappa shape index (κ2) is 9.44. The van der Waals surface area contributed by atoms with Crippen molar-refractivity contribution in [2.45, 2.75) is 50.6 Å². The summed E-state index contributed by atoms with van der Waals surface area (Å²) < 4.78 is 37.9. The summed E-state index contributed by atoms with van der Waals surface area (Å²) >= 11 is 1.83. The maximum Gasteiger partial charge on any atom is 0.490 e. The average Bonchev–Trinajstić information content (AvgIpc) is 3.32. The number of carboxylic acids is 1. The van der Waals surface area contributed by atoms with Gasteiger partial charge in [0.05, 0.1) is 12.1 Å². The second-order valence-electron chi connectivity index (χ2n) is 7.57. The van der Waals surface area contributed by atoms with Crippen molar-refractivity contribution in [1.82, 2.24) is 9.80 Å². The molecule has 162 valence electrons. The van der Waals surface area contributed by atoms with E-state index in [-0.39, 0.29) is 12.1 Å². The lowest BCUT2D eigenvalue weighted by molar-refractivity contribution is -0.192. The SMILES string of the molecule is O=C(O)C(F)(F)F.O=C1CCCN1[C@@H]1CN(Cc2cccs2)C[C@@H]2CCCO[C@@H]21. The third kappa shape index (κ3) is 5.70. The van der Waals surface area contributed by atoms with E-state index in [1.807, 2.05) is 11.3 Å². The highest BCUT2D eigenvalue weighted by molar-refractivity contribution is 7.09. The number of carbonyl (C=O) groups excluding carboxylic acids is 1. The Labute approximate surface area is 171 Å². The normalized spacial score (nSPS) is 27.9. The summed E-state index contributed by atoms with van der Waals surface area (Å²) in [5, 5.41) is 9.27. The standard InChI is InChI=1S/C17H24N2O2S.C2HF3O2/c20-16-6-1-7-19(16)15-12-18(11-14-5-3-9-22-14)10-13-4-2-8-21-17(13)15;3-2(4,5)1(6)7/h3,5,9,13,15,17H,1-2,4,6-8,10-12H2;(H,6,7)/t13-,15+,17-;/m0./s1. The van der Waals surface area contributed by atoms with Crippen molar-refractivity contribution in [3.63, 3.8) is 0 Å². The number of carboxylic acid groups (broad SMARTS) is 1. The summed E-state index contributed by atoms with van der Waals surface area (Å²) in [6.07, 6.45) is -0.690. The topological polar surface area (TPSA) is 70.1 Å². The van der Waals surface area contributed by atoms with Crippen molar-refractivity contribution in [2.24, 2.45) is 5.92 Å². The number of carbonyl (C=O) groups is 2. The fourth-order valence-corrected chi connectivity index (χ4v) is 5.05. The van der Waals surface area contributed by atoms with Gasteiger partial charge in [0, 0.05) is 44.1 Å². The van der Waals surface area contributed by atoms with Crippen LogP contribution >= 0.6 is 11.3 Å². The Kier molecular flexibility index (Phi) is 7.18. The number of hydrogen-bond donors (Lipinski definition) is 1. The monoisotopic (exact) mass is 434 g/mol. The number of amides is 1. The van der Waals surface area contributed by atoms with Crippen LogP contribution in [0, 0.1) is 5.92 Å². The molecule has 1 amide bonds. The summed E-state index contributed by atoms with van der Waals surface area (Å²) in [5.74, 6) is -1.84. The minimum atomic E-state index is -5.08.